The van der Waals surface area contributed by atoms with Gasteiger partial charge in [-0.1, -0.05) is 34.1 Å². The molecule has 2 aromatic heterocycles. The van der Waals surface area contributed by atoms with Crippen LogP contribution in [-0.2, 0) is 4.79 Å². The molecule has 182 valence electrons. The molecule has 2 N–H and O–H groups in total. The van der Waals surface area contributed by atoms with Crippen LogP contribution < -0.4 is 10.6 Å². The van der Waals surface area contributed by atoms with Crippen LogP contribution in [0.15, 0.2) is 93.9 Å². The molecule has 0 unspecified atom stereocenters. The first-order valence-electron chi connectivity index (χ1n) is 11.4. The summed E-state index contributed by atoms with van der Waals surface area (Å²) in [5.74, 6) is 0.907. The number of rotatable bonds is 7. The predicted molar refractivity (Wildman–Crippen MR) is 144 cm³/mol. The smallest absolute Gasteiger partial charge is 0.226 e. The van der Waals surface area contributed by atoms with E-state index in [2.05, 4.69) is 31.5 Å². The molecule has 1 saturated heterocycles. The van der Waals surface area contributed by atoms with Crippen molar-refractivity contribution in [3.63, 3.8) is 0 Å². The van der Waals surface area contributed by atoms with Crippen molar-refractivity contribution in [2.24, 2.45) is 0 Å². The molecule has 1 aliphatic rings. The van der Waals surface area contributed by atoms with E-state index in [1.165, 1.54) is 24.3 Å². The van der Waals surface area contributed by atoms with Gasteiger partial charge in [0.2, 0.25) is 5.91 Å². The van der Waals surface area contributed by atoms with Crippen LogP contribution in [0.3, 0.4) is 0 Å². The molecule has 0 radical (unpaired) electrons. The van der Waals surface area contributed by atoms with Gasteiger partial charge in [-0.25, -0.2) is 4.39 Å². The van der Waals surface area contributed by atoms with Crippen molar-refractivity contribution in [3.8, 4) is 11.3 Å². The van der Waals surface area contributed by atoms with E-state index < -0.39 is 0 Å². The number of carbonyl (C=O) groups is 1. The average Bonchev–Trinajstić information content (AvgIpc) is 3.50. The number of hydrogen-bond acceptors (Lipinski definition) is 4. The van der Waals surface area contributed by atoms with Crippen LogP contribution in [0.1, 0.15) is 30.0 Å². The van der Waals surface area contributed by atoms with Crippen LogP contribution >= 0.6 is 28.1 Å². The second-order valence-corrected chi connectivity index (χ2v) is 9.64. The van der Waals surface area contributed by atoms with Crippen molar-refractivity contribution in [1.82, 2.24) is 15.2 Å². The average molecular weight is 565 g/mol. The van der Waals surface area contributed by atoms with Gasteiger partial charge < -0.3 is 20.0 Å². The van der Waals surface area contributed by atoms with Crippen LogP contribution in [-0.4, -0.2) is 27.4 Å². The summed E-state index contributed by atoms with van der Waals surface area (Å²) < 4.78 is 20.5. The Morgan fingerprint density at radius 2 is 1.86 bits per heavy atom. The van der Waals surface area contributed by atoms with E-state index in [1.54, 1.807) is 6.20 Å². The second-order valence-electron chi connectivity index (χ2n) is 8.33. The molecule has 3 heterocycles. The van der Waals surface area contributed by atoms with Gasteiger partial charge in [0.15, 0.2) is 5.11 Å². The zero-order valence-electron chi connectivity index (χ0n) is 19.0. The molecule has 0 spiro atoms. The number of furan rings is 1. The minimum absolute atomic E-state index is 0.185. The number of anilines is 1. The molecule has 6 nitrogen and oxygen atoms in total. The quantitative estimate of drug-likeness (QED) is 0.259. The Bertz CT molecular complexity index is 1360. The van der Waals surface area contributed by atoms with Crippen LogP contribution in [0.2, 0.25) is 0 Å². The minimum atomic E-state index is -0.356. The maximum Gasteiger partial charge on any atom is 0.226 e. The summed E-state index contributed by atoms with van der Waals surface area (Å²) in [4.78, 5) is 19.1. The Hall–Kier alpha value is -3.56. The van der Waals surface area contributed by atoms with Gasteiger partial charge in [0.1, 0.15) is 23.4 Å². The fourth-order valence-corrected chi connectivity index (χ4v) is 4.81. The molecule has 1 aliphatic heterocycles. The third kappa shape index (κ3) is 5.32. The van der Waals surface area contributed by atoms with Crippen molar-refractivity contribution in [1.29, 1.82) is 0 Å². The maximum atomic E-state index is 13.2. The second kappa shape index (κ2) is 10.6. The summed E-state index contributed by atoms with van der Waals surface area (Å²) in [5, 5.41) is 6.68. The fraction of sp³-hybridized carbons (Fsp3) is 0.148. The number of nitrogens with zero attached hydrogens (tertiary/aromatic N) is 2. The summed E-state index contributed by atoms with van der Waals surface area (Å²) in [6.45, 7) is 0.362. The molecule has 5 rings (SSSR count). The van der Waals surface area contributed by atoms with E-state index in [0.29, 0.717) is 17.3 Å². The van der Waals surface area contributed by atoms with Crippen LogP contribution in [0.5, 0.6) is 0 Å². The lowest BCUT2D eigenvalue weighted by molar-refractivity contribution is -0.116. The topological polar surface area (TPSA) is 70.4 Å². The Balaban J connectivity index is 1.38. The molecular formula is C27H22BrFN4O2S. The number of halogens is 2. The summed E-state index contributed by atoms with van der Waals surface area (Å²) in [7, 11) is 0. The molecule has 0 saturated carbocycles. The highest BCUT2D eigenvalue weighted by Crippen LogP contribution is 2.40. The third-order valence-corrected chi connectivity index (χ3v) is 6.83. The number of hydrogen-bond donors (Lipinski definition) is 2. The van der Waals surface area contributed by atoms with Gasteiger partial charge in [0.05, 0.1) is 11.7 Å². The Morgan fingerprint density at radius 1 is 1.08 bits per heavy atom. The van der Waals surface area contributed by atoms with Gasteiger partial charge in [-0.3, -0.25) is 9.78 Å². The zero-order valence-corrected chi connectivity index (χ0v) is 21.4. The van der Waals surface area contributed by atoms with Crippen LogP contribution in [0.25, 0.3) is 11.3 Å². The monoisotopic (exact) mass is 564 g/mol. The normalized spacial score (nSPS) is 17.2. The Morgan fingerprint density at radius 3 is 2.58 bits per heavy atom. The first kappa shape index (κ1) is 24.1. The van der Waals surface area contributed by atoms with Crippen molar-refractivity contribution < 1.29 is 13.6 Å². The summed E-state index contributed by atoms with van der Waals surface area (Å²) in [5.41, 5.74) is 2.32. The highest BCUT2D eigenvalue weighted by molar-refractivity contribution is 9.10. The fourth-order valence-electron chi connectivity index (χ4n) is 4.22. The van der Waals surface area contributed by atoms with Gasteiger partial charge >= 0.3 is 0 Å². The van der Waals surface area contributed by atoms with Crippen molar-refractivity contribution in [2.45, 2.75) is 18.5 Å². The predicted octanol–water partition coefficient (Wildman–Crippen LogP) is 6.24. The van der Waals surface area contributed by atoms with E-state index >= 15 is 0 Å². The summed E-state index contributed by atoms with van der Waals surface area (Å²) in [6.07, 6.45) is 1.93. The zero-order chi connectivity index (χ0) is 25.1. The maximum absolute atomic E-state index is 13.2. The molecule has 36 heavy (non-hydrogen) atoms. The lowest BCUT2D eigenvalue weighted by atomic mass is 10.0. The van der Waals surface area contributed by atoms with E-state index in [0.717, 1.165) is 27.3 Å². The molecule has 9 heteroatoms. The van der Waals surface area contributed by atoms with Crippen molar-refractivity contribution in [3.05, 3.63) is 107 Å². The third-order valence-electron chi connectivity index (χ3n) is 5.95. The van der Waals surface area contributed by atoms with Gasteiger partial charge in [0, 0.05) is 34.9 Å². The van der Waals surface area contributed by atoms with E-state index in [4.69, 9.17) is 16.6 Å². The van der Waals surface area contributed by atoms with E-state index in [1.807, 2.05) is 59.5 Å². The van der Waals surface area contributed by atoms with Gasteiger partial charge in [-0.05, 0) is 72.9 Å². The lowest BCUT2D eigenvalue weighted by Gasteiger charge is -2.25. The highest BCUT2D eigenvalue weighted by Gasteiger charge is 2.41. The molecular weight excluding hydrogens is 543 g/mol. The number of aromatic nitrogens is 1. The minimum Gasteiger partial charge on any atom is -0.459 e. The molecule has 0 bridgehead atoms. The summed E-state index contributed by atoms with van der Waals surface area (Å²) in [6, 6.07) is 22.6. The number of benzene rings is 2. The molecule has 4 aromatic rings. The van der Waals surface area contributed by atoms with E-state index in [-0.39, 0.29) is 30.2 Å². The first-order chi connectivity index (χ1) is 17.5. The van der Waals surface area contributed by atoms with Gasteiger partial charge in [-0.2, -0.15) is 0 Å². The summed E-state index contributed by atoms with van der Waals surface area (Å²) >= 11 is 9.13. The number of amides is 1. The largest absolute Gasteiger partial charge is 0.459 e. The van der Waals surface area contributed by atoms with Gasteiger partial charge in [-0.15, -0.1) is 0 Å². The number of nitrogens with one attached hydrogen (secondary N) is 2. The highest BCUT2D eigenvalue weighted by atomic mass is 79.9. The number of carbonyl (C=O) groups excluding carboxylic acids is 1. The van der Waals surface area contributed by atoms with E-state index in [9.17, 15) is 9.18 Å². The molecule has 0 aliphatic carbocycles. The standard InChI is InChI=1S/C27H22BrFN4O2S/c28-18-6-4-17(5-7-18)22-12-13-23(35-22)26-25(21-3-1-2-15-30-21)32-27(36)33(26)16-14-24(34)31-20-10-8-19(29)9-11-20/h1-13,15,25-26H,14,16H2,(H,31,34)(H,32,36)/t25-,26+/m1/s1. The number of thiocarbonyl (C=S) groups is 1. The molecule has 1 fully saturated rings. The molecule has 1 amide bonds. The van der Waals surface area contributed by atoms with Gasteiger partial charge in [0.25, 0.3) is 0 Å². The van der Waals surface area contributed by atoms with Crippen LogP contribution in [0, 0.1) is 5.82 Å². The molecule has 2 aromatic carbocycles. The van der Waals surface area contributed by atoms with Crippen molar-refractivity contribution >= 4 is 44.9 Å². The lowest BCUT2D eigenvalue weighted by Crippen LogP contribution is -2.32. The first-order valence-corrected chi connectivity index (χ1v) is 12.6. The van der Waals surface area contributed by atoms with Crippen molar-refractivity contribution in [2.75, 3.05) is 11.9 Å². The van der Waals surface area contributed by atoms with Crippen LogP contribution in [0.4, 0.5) is 10.1 Å². The Labute approximate surface area is 221 Å². The Kier molecular flexibility index (Phi) is 7.11. The SMILES string of the molecule is O=C(CCN1C(=S)N[C@H](c2ccccn2)[C@@H]1c1ccc(-c2ccc(Br)cc2)o1)Nc1ccc(F)cc1. The number of pyridine rings is 1. The molecule has 2 atom stereocenters.